The van der Waals surface area contributed by atoms with E-state index in [1.807, 2.05) is 0 Å². The highest BCUT2D eigenvalue weighted by Crippen LogP contribution is 2.48. The predicted octanol–water partition coefficient (Wildman–Crippen LogP) is 1.39. The number of aliphatic hydroxyl groups is 1. The highest BCUT2D eigenvalue weighted by molar-refractivity contribution is 9.12. The summed E-state index contributed by atoms with van der Waals surface area (Å²) in [5, 5.41) is 25.5. The number of rotatable bonds is 5. The van der Waals surface area contributed by atoms with E-state index < -0.39 is 23.6 Å². The normalized spacial score (nSPS) is 26.4. The second kappa shape index (κ2) is 7.24. The summed E-state index contributed by atoms with van der Waals surface area (Å²) in [5.74, 6) is -1.10. The van der Waals surface area contributed by atoms with Crippen molar-refractivity contribution in [3.63, 3.8) is 0 Å². The van der Waals surface area contributed by atoms with Gasteiger partial charge in [-0.1, -0.05) is 5.16 Å². The lowest BCUT2D eigenvalue weighted by atomic mass is 9.80. The standard InChI is InChI=1S/C14H16Br2N2O6/c1-6-9(15)11(23-2)10(16)12(21)14(6)5-7(18-24-14)13(22)17-4-3-8(19)20/h12,21H,3-5H2,1-2H3,(H,17,22)(H,19,20)/t12-,14-/m0/s1. The van der Waals surface area contributed by atoms with Gasteiger partial charge in [0.1, 0.15) is 17.6 Å². The van der Waals surface area contributed by atoms with Crippen LogP contribution >= 0.6 is 31.9 Å². The molecule has 1 aliphatic carbocycles. The van der Waals surface area contributed by atoms with E-state index >= 15 is 0 Å². The minimum absolute atomic E-state index is 0.0152. The van der Waals surface area contributed by atoms with Crippen molar-refractivity contribution in [2.45, 2.75) is 31.5 Å². The largest absolute Gasteiger partial charge is 0.495 e. The number of carboxylic acid groups (broad SMARTS) is 1. The van der Waals surface area contributed by atoms with Gasteiger partial charge in [0.25, 0.3) is 5.91 Å². The maximum Gasteiger partial charge on any atom is 0.305 e. The van der Waals surface area contributed by atoms with Crippen LogP contribution in [0.15, 0.2) is 25.5 Å². The molecule has 3 N–H and O–H groups in total. The Bertz CT molecular complexity index is 672. The first-order valence-electron chi connectivity index (χ1n) is 6.98. The molecule has 0 saturated heterocycles. The van der Waals surface area contributed by atoms with Crippen LogP contribution in [0.4, 0.5) is 0 Å². The van der Waals surface area contributed by atoms with Crippen LogP contribution in [0.1, 0.15) is 19.8 Å². The molecule has 0 bridgehead atoms. The van der Waals surface area contributed by atoms with Crippen molar-refractivity contribution >= 4 is 49.4 Å². The predicted molar refractivity (Wildman–Crippen MR) is 91.7 cm³/mol. The number of hydrogen-bond acceptors (Lipinski definition) is 6. The molecule has 0 aromatic heterocycles. The van der Waals surface area contributed by atoms with Crippen LogP contribution in [0.2, 0.25) is 0 Å². The van der Waals surface area contributed by atoms with Crippen LogP contribution in [0.3, 0.4) is 0 Å². The van der Waals surface area contributed by atoms with Gasteiger partial charge in [0.2, 0.25) is 0 Å². The molecular formula is C14H16Br2N2O6. The van der Waals surface area contributed by atoms with Crippen LogP contribution in [0.25, 0.3) is 0 Å². The summed E-state index contributed by atoms with van der Waals surface area (Å²) in [7, 11) is 1.48. The SMILES string of the molecule is COC1=C(Br)[C@H](O)[C@]2(CC(C(=O)NCCC(=O)O)=NO2)C(C)=C1Br. The molecule has 0 aromatic carbocycles. The van der Waals surface area contributed by atoms with Crippen LogP contribution in [-0.2, 0) is 19.2 Å². The molecule has 0 aromatic rings. The number of aliphatic carboxylic acids is 1. The molecule has 0 fully saturated rings. The summed E-state index contributed by atoms with van der Waals surface area (Å²) in [6.07, 6.45) is -1.26. The fraction of sp³-hybridized carbons (Fsp3) is 0.500. The first-order valence-corrected chi connectivity index (χ1v) is 8.57. The van der Waals surface area contributed by atoms with Crippen molar-refractivity contribution in [1.29, 1.82) is 0 Å². The quantitative estimate of drug-likeness (QED) is 0.562. The van der Waals surface area contributed by atoms with E-state index in [9.17, 15) is 14.7 Å². The maximum absolute atomic E-state index is 12.1. The van der Waals surface area contributed by atoms with Gasteiger partial charge in [0.15, 0.2) is 5.60 Å². The van der Waals surface area contributed by atoms with E-state index in [4.69, 9.17) is 14.7 Å². The van der Waals surface area contributed by atoms with Gasteiger partial charge < -0.3 is 25.1 Å². The van der Waals surface area contributed by atoms with Gasteiger partial charge in [-0.25, -0.2) is 0 Å². The number of carbonyl (C=O) groups is 2. The lowest BCUT2D eigenvalue weighted by molar-refractivity contribution is -0.136. The molecule has 10 heteroatoms. The van der Waals surface area contributed by atoms with Crippen molar-refractivity contribution in [3.05, 3.63) is 20.3 Å². The van der Waals surface area contributed by atoms with Crippen molar-refractivity contribution in [2.24, 2.45) is 5.16 Å². The number of methoxy groups -OCH3 is 1. The number of carboxylic acids is 1. The van der Waals surface area contributed by atoms with Crippen molar-refractivity contribution in [1.82, 2.24) is 5.32 Å². The molecule has 8 nitrogen and oxygen atoms in total. The highest BCUT2D eigenvalue weighted by Gasteiger charge is 2.54. The van der Waals surface area contributed by atoms with Crippen molar-refractivity contribution in [2.75, 3.05) is 13.7 Å². The minimum atomic E-state index is -1.22. The molecule has 0 radical (unpaired) electrons. The molecule has 24 heavy (non-hydrogen) atoms. The zero-order valence-electron chi connectivity index (χ0n) is 12.9. The van der Waals surface area contributed by atoms with Crippen LogP contribution in [0.5, 0.6) is 0 Å². The Morgan fingerprint density at radius 2 is 2.17 bits per heavy atom. The van der Waals surface area contributed by atoms with E-state index in [0.29, 0.717) is 20.3 Å². The lowest BCUT2D eigenvalue weighted by Crippen LogP contribution is -2.48. The molecule has 132 valence electrons. The summed E-state index contributed by atoms with van der Waals surface area (Å²) in [4.78, 5) is 28.0. The molecule has 1 spiro atoms. The molecule has 1 heterocycles. The number of nitrogens with one attached hydrogen (secondary N) is 1. The van der Waals surface area contributed by atoms with Gasteiger partial charge in [-0.05, 0) is 44.4 Å². The number of oxime groups is 1. The summed E-state index contributed by atoms with van der Waals surface area (Å²) >= 11 is 6.70. The highest BCUT2D eigenvalue weighted by atomic mass is 79.9. The molecule has 1 aliphatic heterocycles. The molecule has 2 rings (SSSR count). The number of amides is 1. The molecule has 0 unspecified atom stereocenters. The first-order chi connectivity index (χ1) is 11.2. The first kappa shape index (κ1) is 18.9. The zero-order chi connectivity index (χ0) is 18.1. The number of ether oxygens (including phenoxy) is 1. The molecule has 0 saturated carbocycles. The topological polar surface area (TPSA) is 117 Å². The van der Waals surface area contributed by atoms with E-state index in [2.05, 4.69) is 42.3 Å². The number of halogens is 2. The number of aliphatic hydroxyl groups excluding tert-OH is 1. The van der Waals surface area contributed by atoms with E-state index in [1.54, 1.807) is 6.92 Å². The van der Waals surface area contributed by atoms with Gasteiger partial charge in [-0.15, -0.1) is 0 Å². The number of allylic oxidation sites excluding steroid dienone is 1. The maximum atomic E-state index is 12.1. The molecule has 1 amide bonds. The van der Waals surface area contributed by atoms with Gasteiger partial charge in [-0.3, -0.25) is 9.59 Å². The van der Waals surface area contributed by atoms with Crippen molar-refractivity contribution < 1.29 is 29.4 Å². The van der Waals surface area contributed by atoms with Gasteiger partial charge >= 0.3 is 5.97 Å². The molecule has 2 atom stereocenters. The summed E-state index contributed by atoms with van der Waals surface area (Å²) in [5.41, 5.74) is -0.508. The fourth-order valence-electron chi connectivity index (χ4n) is 2.49. The summed E-state index contributed by atoms with van der Waals surface area (Å²) in [6, 6.07) is 0. The van der Waals surface area contributed by atoms with Crippen LogP contribution in [-0.4, -0.2) is 53.2 Å². The third kappa shape index (κ3) is 3.22. The van der Waals surface area contributed by atoms with E-state index in [-0.39, 0.29) is 25.1 Å². The minimum Gasteiger partial charge on any atom is -0.495 e. The van der Waals surface area contributed by atoms with E-state index in [0.717, 1.165) is 0 Å². The van der Waals surface area contributed by atoms with Gasteiger partial charge in [-0.2, -0.15) is 0 Å². The van der Waals surface area contributed by atoms with E-state index in [1.165, 1.54) is 7.11 Å². The molecular weight excluding hydrogens is 452 g/mol. The number of hydrogen-bond donors (Lipinski definition) is 3. The van der Waals surface area contributed by atoms with Gasteiger partial charge in [0, 0.05) is 13.0 Å². The number of nitrogens with zero attached hydrogens (tertiary/aromatic N) is 1. The van der Waals surface area contributed by atoms with Crippen LogP contribution < -0.4 is 5.32 Å². The zero-order valence-corrected chi connectivity index (χ0v) is 16.1. The third-order valence-corrected chi connectivity index (χ3v) is 5.65. The molecule has 2 aliphatic rings. The number of carbonyl (C=O) groups excluding carboxylic acids is 1. The Morgan fingerprint density at radius 1 is 1.50 bits per heavy atom. The van der Waals surface area contributed by atoms with Crippen LogP contribution in [0, 0.1) is 0 Å². The Balaban J connectivity index is 2.17. The third-order valence-electron chi connectivity index (χ3n) is 3.90. The Kier molecular flexibility index (Phi) is 5.71. The Labute approximate surface area is 154 Å². The van der Waals surface area contributed by atoms with Gasteiger partial charge in [0.05, 0.1) is 22.5 Å². The Hall–Kier alpha value is -1.39. The smallest absolute Gasteiger partial charge is 0.305 e. The second-order valence-corrected chi connectivity index (χ2v) is 6.97. The fourth-order valence-corrected chi connectivity index (χ4v) is 4.19. The monoisotopic (exact) mass is 466 g/mol. The second-order valence-electron chi connectivity index (χ2n) is 5.32. The average molecular weight is 468 g/mol. The summed E-state index contributed by atoms with van der Waals surface area (Å²) < 4.78 is 6.23. The van der Waals surface area contributed by atoms with Crippen molar-refractivity contribution in [3.8, 4) is 0 Å². The summed E-state index contributed by atoms with van der Waals surface area (Å²) in [6.45, 7) is 1.73. The lowest BCUT2D eigenvalue weighted by Gasteiger charge is -2.37. The Morgan fingerprint density at radius 3 is 2.75 bits per heavy atom. The average Bonchev–Trinajstić information content (AvgIpc) is 2.98.